The Bertz CT molecular complexity index is 814. The average molecular weight is 373 g/mol. The van der Waals surface area contributed by atoms with Gasteiger partial charge in [-0.1, -0.05) is 0 Å². The molecule has 0 radical (unpaired) electrons. The molecule has 2 N–H and O–H groups in total. The van der Waals surface area contributed by atoms with Gasteiger partial charge in [0.1, 0.15) is 6.26 Å². The first kappa shape index (κ1) is 18.4. The Labute approximate surface area is 154 Å². The Balaban J connectivity index is 1.41. The van der Waals surface area contributed by atoms with Crippen LogP contribution in [0.2, 0.25) is 0 Å². The van der Waals surface area contributed by atoms with E-state index in [4.69, 9.17) is 9.52 Å². The fourth-order valence-corrected chi connectivity index (χ4v) is 2.71. The zero-order valence-corrected chi connectivity index (χ0v) is 14.5. The lowest BCUT2D eigenvalue weighted by molar-refractivity contribution is -0.131. The van der Waals surface area contributed by atoms with E-state index in [-0.39, 0.29) is 30.2 Å². The summed E-state index contributed by atoms with van der Waals surface area (Å²) in [6.07, 6.45) is 4.51. The topological polar surface area (TPSA) is 129 Å². The van der Waals surface area contributed by atoms with Crippen LogP contribution >= 0.6 is 0 Å². The van der Waals surface area contributed by atoms with E-state index in [1.54, 1.807) is 23.4 Å². The molecule has 2 amide bonds. The van der Waals surface area contributed by atoms with Gasteiger partial charge in [0.25, 0.3) is 5.91 Å². The Morgan fingerprint density at radius 2 is 1.85 bits per heavy atom. The van der Waals surface area contributed by atoms with Crippen molar-refractivity contribution in [2.75, 3.05) is 37.6 Å². The molecule has 10 heteroatoms. The molecule has 0 bridgehead atoms. The predicted molar refractivity (Wildman–Crippen MR) is 93.4 cm³/mol. The van der Waals surface area contributed by atoms with E-state index in [2.05, 4.69) is 15.3 Å². The summed E-state index contributed by atoms with van der Waals surface area (Å²) in [6, 6.07) is 2.90. The van der Waals surface area contributed by atoms with Crippen molar-refractivity contribution in [3.8, 4) is 0 Å². The Hall–Kier alpha value is -3.43. The van der Waals surface area contributed by atoms with Gasteiger partial charge in [0.05, 0.1) is 5.56 Å². The molecule has 1 aliphatic rings. The van der Waals surface area contributed by atoms with Gasteiger partial charge in [0, 0.05) is 57.6 Å². The number of nitrogens with zero attached hydrogens (tertiary/aromatic N) is 4. The number of carbonyl (C=O) groups is 3. The number of anilines is 1. The van der Waals surface area contributed by atoms with Crippen LogP contribution < -0.4 is 10.2 Å². The van der Waals surface area contributed by atoms with Crippen molar-refractivity contribution < 1.29 is 23.9 Å². The minimum Gasteiger partial charge on any atom is -0.478 e. The van der Waals surface area contributed by atoms with Gasteiger partial charge in [0.2, 0.25) is 11.9 Å². The first-order chi connectivity index (χ1) is 13.0. The monoisotopic (exact) mass is 373 g/mol. The molecular weight excluding hydrogens is 354 g/mol. The first-order valence-corrected chi connectivity index (χ1v) is 8.44. The van der Waals surface area contributed by atoms with Crippen molar-refractivity contribution in [3.63, 3.8) is 0 Å². The fraction of sp³-hybridized carbons (Fsp3) is 0.353. The van der Waals surface area contributed by atoms with Gasteiger partial charge >= 0.3 is 5.97 Å². The molecular formula is C17H19N5O5. The lowest BCUT2D eigenvalue weighted by Gasteiger charge is -2.34. The van der Waals surface area contributed by atoms with Crippen LogP contribution in [0.3, 0.4) is 0 Å². The van der Waals surface area contributed by atoms with Gasteiger partial charge in [-0.3, -0.25) is 9.59 Å². The van der Waals surface area contributed by atoms with Crippen LogP contribution in [0.5, 0.6) is 0 Å². The Morgan fingerprint density at radius 1 is 1.15 bits per heavy atom. The molecule has 142 valence electrons. The largest absolute Gasteiger partial charge is 0.478 e. The maximum Gasteiger partial charge on any atom is 0.338 e. The first-order valence-electron chi connectivity index (χ1n) is 8.44. The van der Waals surface area contributed by atoms with Crippen LogP contribution in [0.4, 0.5) is 5.95 Å². The quantitative estimate of drug-likeness (QED) is 0.737. The zero-order chi connectivity index (χ0) is 19.2. The molecule has 0 aliphatic carbocycles. The highest BCUT2D eigenvalue weighted by atomic mass is 16.4. The number of furan rings is 1. The van der Waals surface area contributed by atoms with E-state index < -0.39 is 11.9 Å². The van der Waals surface area contributed by atoms with Gasteiger partial charge in [-0.15, -0.1) is 0 Å². The number of hydrogen-bond donors (Lipinski definition) is 2. The van der Waals surface area contributed by atoms with E-state index in [9.17, 15) is 14.4 Å². The van der Waals surface area contributed by atoms with Crippen LogP contribution in [-0.2, 0) is 4.79 Å². The third kappa shape index (κ3) is 4.60. The predicted octanol–water partition coefficient (Wildman–Crippen LogP) is 0.236. The second-order valence-corrected chi connectivity index (χ2v) is 5.93. The van der Waals surface area contributed by atoms with E-state index in [1.165, 1.54) is 0 Å². The normalized spacial score (nSPS) is 14.1. The molecule has 0 saturated carbocycles. The summed E-state index contributed by atoms with van der Waals surface area (Å²) >= 11 is 0. The maximum atomic E-state index is 12.3. The summed E-state index contributed by atoms with van der Waals surface area (Å²) in [4.78, 5) is 47.1. The molecule has 0 unspecified atom stereocenters. The van der Waals surface area contributed by atoms with E-state index in [0.717, 1.165) is 12.3 Å². The van der Waals surface area contributed by atoms with E-state index >= 15 is 0 Å². The number of carboxylic acids is 1. The van der Waals surface area contributed by atoms with Crippen LogP contribution in [0.1, 0.15) is 27.3 Å². The third-order valence-corrected chi connectivity index (χ3v) is 4.16. The minimum atomic E-state index is -1.17. The molecule has 0 spiro atoms. The maximum absolute atomic E-state index is 12.3. The zero-order valence-electron chi connectivity index (χ0n) is 14.5. The summed E-state index contributed by atoms with van der Waals surface area (Å²) in [5.74, 6) is -1.24. The Kier molecular flexibility index (Phi) is 5.64. The highest BCUT2D eigenvalue weighted by Gasteiger charge is 2.22. The average Bonchev–Trinajstić information content (AvgIpc) is 3.19. The van der Waals surface area contributed by atoms with Crippen LogP contribution in [0, 0.1) is 0 Å². The SMILES string of the molecule is O=C(O)c1coc(C(=O)NCCC(=O)N2CCN(c3ncccn3)CC2)c1. The highest BCUT2D eigenvalue weighted by molar-refractivity contribution is 5.95. The number of carbonyl (C=O) groups excluding carboxylic acids is 2. The van der Waals surface area contributed by atoms with Crippen LogP contribution in [0.15, 0.2) is 35.2 Å². The minimum absolute atomic E-state index is 0.0606. The number of amides is 2. The summed E-state index contributed by atoms with van der Waals surface area (Å²) in [5.41, 5.74) is -0.100. The summed E-state index contributed by atoms with van der Waals surface area (Å²) in [5, 5.41) is 11.4. The summed E-state index contributed by atoms with van der Waals surface area (Å²) in [7, 11) is 0. The number of hydrogen-bond acceptors (Lipinski definition) is 7. The fourth-order valence-electron chi connectivity index (χ4n) is 2.71. The van der Waals surface area contributed by atoms with Gasteiger partial charge in [-0.05, 0) is 6.07 Å². The molecule has 1 aliphatic heterocycles. The molecule has 10 nitrogen and oxygen atoms in total. The smallest absolute Gasteiger partial charge is 0.338 e. The number of carboxylic acid groups (broad SMARTS) is 1. The molecule has 3 heterocycles. The summed E-state index contributed by atoms with van der Waals surface area (Å²) in [6.45, 7) is 2.55. The molecule has 27 heavy (non-hydrogen) atoms. The van der Waals surface area contributed by atoms with Crippen molar-refractivity contribution >= 4 is 23.7 Å². The second-order valence-electron chi connectivity index (χ2n) is 5.93. The number of aromatic carboxylic acids is 1. The van der Waals surface area contributed by atoms with Gasteiger partial charge in [0.15, 0.2) is 5.76 Å². The van der Waals surface area contributed by atoms with E-state index in [0.29, 0.717) is 32.1 Å². The number of aromatic nitrogens is 2. The molecule has 1 fully saturated rings. The van der Waals surface area contributed by atoms with Gasteiger partial charge < -0.3 is 24.6 Å². The molecule has 0 aromatic carbocycles. The van der Waals surface area contributed by atoms with Crippen molar-refractivity contribution in [1.29, 1.82) is 0 Å². The standard InChI is InChI=1S/C17H19N5O5/c23-14(2-5-18-15(24)13-10-12(11-27-13)16(25)26)21-6-8-22(9-7-21)17-19-3-1-4-20-17/h1,3-4,10-11H,2,5-9H2,(H,18,24)(H,25,26). The van der Waals surface area contributed by atoms with Crippen molar-refractivity contribution in [2.45, 2.75) is 6.42 Å². The lowest BCUT2D eigenvalue weighted by atomic mass is 10.2. The van der Waals surface area contributed by atoms with Crippen LogP contribution in [0.25, 0.3) is 0 Å². The molecule has 3 rings (SSSR count). The molecule has 1 saturated heterocycles. The molecule has 2 aromatic rings. The van der Waals surface area contributed by atoms with Crippen molar-refractivity contribution in [1.82, 2.24) is 20.2 Å². The van der Waals surface area contributed by atoms with Gasteiger partial charge in [-0.25, -0.2) is 14.8 Å². The van der Waals surface area contributed by atoms with Gasteiger partial charge in [-0.2, -0.15) is 0 Å². The second kappa shape index (κ2) is 8.30. The number of rotatable bonds is 6. The summed E-state index contributed by atoms with van der Waals surface area (Å²) < 4.78 is 4.91. The highest BCUT2D eigenvalue weighted by Crippen LogP contribution is 2.11. The lowest BCUT2D eigenvalue weighted by Crippen LogP contribution is -2.49. The number of nitrogens with one attached hydrogen (secondary N) is 1. The Morgan fingerprint density at radius 3 is 2.48 bits per heavy atom. The number of piperazine rings is 1. The van der Waals surface area contributed by atoms with Crippen molar-refractivity contribution in [3.05, 3.63) is 42.1 Å². The molecule has 2 aromatic heterocycles. The third-order valence-electron chi connectivity index (χ3n) is 4.16. The van der Waals surface area contributed by atoms with Crippen LogP contribution in [-0.4, -0.2) is 70.5 Å². The van der Waals surface area contributed by atoms with Crippen molar-refractivity contribution in [2.24, 2.45) is 0 Å². The van der Waals surface area contributed by atoms with E-state index in [1.807, 2.05) is 4.90 Å². The molecule has 0 atom stereocenters.